The molecule has 0 radical (unpaired) electrons. The number of benzene rings is 7. The van der Waals surface area contributed by atoms with E-state index in [0.29, 0.717) is 5.95 Å². The average molecular weight is 578 g/mol. The minimum absolute atomic E-state index is 0.684. The van der Waals surface area contributed by atoms with E-state index >= 15 is 0 Å². The van der Waals surface area contributed by atoms with E-state index in [-0.39, 0.29) is 0 Å². The van der Waals surface area contributed by atoms with Crippen LogP contribution in [0.2, 0.25) is 0 Å². The van der Waals surface area contributed by atoms with Crippen molar-refractivity contribution >= 4 is 85.8 Å². The van der Waals surface area contributed by atoms with Crippen LogP contribution in [0.25, 0.3) is 91.6 Å². The van der Waals surface area contributed by atoms with Crippen molar-refractivity contribution < 1.29 is 0 Å². The summed E-state index contributed by atoms with van der Waals surface area (Å²) >= 11 is 1.87. The number of nitrogens with zero attached hydrogens (tertiary/aromatic N) is 3. The Labute approximate surface area is 256 Å². The van der Waals surface area contributed by atoms with E-state index in [1.165, 1.54) is 52.5 Å². The highest BCUT2D eigenvalue weighted by Gasteiger charge is 2.21. The number of hydrogen-bond acceptors (Lipinski definition) is 3. The van der Waals surface area contributed by atoms with E-state index in [4.69, 9.17) is 9.97 Å². The zero-order chi connectivity index (χ0) is 28.8. The molecule has 0 spiro atoms. The molecule has 0 atom stereocenters. The Morgan fingerprint density at radius 1 is 0.500 bits per heavy atom. The molecule has 0 aliphatic heterocycles. The molecule has 0 saturated heterocycles. The van der Waals surface area contributed by atoms with Crippen molar-refractivity contribution in [2.45, 2.75) is 0 Å². The summed E-state index contributed by atoms with van der Waals surface area (Å²) in [6.45, 7) is 0. The number of aromatic nitrogens is 3. The molecule has 3 nitrogen and oxygen atoms in total. The lowest BCUT2D eigenvalue weighted by Gasteiger charge is -2.13. The predicted octanol–water partition coefficient (Wildman–Crippen LogP) is 11.1. The van der Waals surface area contributed by atoms with Crippen molar-refractivity contribution in [2.24, 2.45) is 0 Å². The molecule has 0 amide bonds. The van der Waals surface area contributed by atoms with Gasteiger partial charge in [-0.05, 0) is 40.4 Å². The number of hydrogen-bond donors (Lipinski definition) is 0. The topological polar surface area (TPSA) is 30.7 Å². The number of thiophene rings is 1. The number of fused-ring (bicyclic) bond motifs is 11. The van der Waals surface area contributed by atoms with Crippen molar-refractivity contribution in [3.05, 3.63) is 140 Å². The molecule has 0 saturated carbocycles. The van der Waals surface area contributed by atoms with Gasteiger partial charge in [0.1, 0.15) is 0 Å². The summed E-state index contributed by atoms with van der Waals surface area (Å²) in [4.78, 5) is 10.7. The molecule has 10 rings (SSSR count). The molecule has 0 aliphatic carbocycles. The third-order valence-corrected chi connectivity index (χ3v) is 10.2. The fourth-order valence-electron chi connectivity index (χ4n) is 6.97. The van der Waals surface area contributed by atoms with Crippen LogP contribution in [0.5, 0.6) is 0 Å². The molecule has 0 N–H and O–H groups in total. The maximum absolute atomic E-state index is 5.41. The lowest BCUT2D eigenvalue weighted by atomic mass is 10.0. The Bertz CT molecular complexity index is 2780. The monoisotopic (exact) mass is 577 g/mol. The lowest BCUT2D eigenvalue weighted by molar-refractivity contribution is 1.02. The molecule has 10 aromatic rings. The standard InChI is InChI=1S/C40H23N3S/c1-2-10-26-23-27(18-17-24(26)9-1)37-32-13-3-6-14-33(32)41-40(42-37)43-34-15-7-4-11-28(34)30-21-19-25-20-22-31-29-12-5-8-16-35(29)44-39(31)36(25)38(30)43/h1-23H. The summed E-state index contributed by atoms with van der Waals surface area (Å²) in [5, 5.41) is 10.9. The van der Waals surface area contributed by atoms with E-state index < -0.39 is 0 Å². The largest absolute Gasteiger partial charge is 0.277 e. The molecular formula is C40H23N3S. The van der Waals surface area contributed by atoms with Gasteiger partial charge in [-0.3, -0.25) is 4.57 Å². The molecule has 0 bridgehead atoms. The van der Waals surface area contributed by atoms with Crippen molar-refractivity contribution in [3.8, 4) is 17.2 Å². The van der Waals surface area contributed by atoms with E-state index in [2.05, 4.69) is 144 Å². The molecule has 0 unspecified atom stereocenters. The fraction of sp³-hybridized carbons (Fsp3) is 0. The summed E-state index contributed by atoms with van der Waals surface area (Å²) in [7, 11) is 0. The van der Waals surface area contributed by atoms with Gasteiger partial charge in [0.15, 0.2) is 0 Å². The first kappa shape index (κ1) is 23.9. The summed E-state index contributed by atoms with van der Waals surface area (Å²) in [5.74, 6) is 0.684. The van der Waals surface area contributed by atoms with Crippen LogP contribution < -0.4 is 0 Å². The van der Waals surface area contributed by atoms with Crippen molar-refractivity contribution in [2.75, 3.05) is 0 Å². The van der Waals surface area contributed by atoms with Crippen LogP contribution in [-0.4, -0.2) is 14.5 Å². The third kappa shape index (κ3) is 3.31. The van der Waals surface area contributed by atoms with Crippen molar-refractivity contribution in [1.82, 2.24) is 14.5 Å². The Kier molecular flexibility index (Phi) is 4.87. The van der Waals surface area contributed by atoms with E-state index in [1.807, 2.05) is 11.3 Å². The van der Waals surface area contributed by atoms with Gasteiger partial charge in [-0.15, -0.1) is 11.3 Å². The molecule has 4 heteroatoms. The van der Waals surface area contributed by atoms with Gasteiger partial charge in [-0.2, -0.15) is 0 Å². The van der Waals surface area contributed by atoms with Crippen LogP contribution in [0, 0.1) is 0 Å². The highest BCUT2D eigenvalue weighted by Crippen LogP contribution is 2.44. The van der Waals surface area contributed by atoms with E-state index in [0.717, 1.165) is 33.2 Å². The molecule has 44 heavy (non-hydrogen) atoms. The maximum Gasteiger partial charge on any atom is 0.235 e. The Morgan fingerprint density at radius 2 is 1.20 bits per heavy atom. The summed E-state index contributed by atoms with van der Waals surface area (Å²) in [6, 6.07) is 49.9. The van der Waals surface area contributed by atoms with Crippen LogP contribution in [-0.2, 0) is 0 Å². The average Bonchev–Trinajstić information content (AvgIpc) is 3.63. The van der Waals surface area contributed by atoms with Crippen LogP contribution in [0.15, 0.2) is 140 Å². The first-order valence-corrected chi connectivity index (χ1v) is 15.7. The van der Waals surface area contributed by atoms with Gasteiger partial charge in [-0.25, -0.2) is 9.97 Å². The maximum atomic E-state index is 5.41. The normalized spacial score (nSPS) is 12.1. The van der Waals surface area contributed by atoms with E-state index in [1.54, 1.807) is 0 Å². The van der Waals surface area contributed by atoms with Crippen LogP contribution >= 0.6 is 11.3 Å². The Balaban J connectivity index is 1.38. The zero-order valence-corrected chi connectivity index (χ0v) is 24.3. The van der Waals surface area contributed by atoms with Crippen molar-refractivity contribution in [1.29, 1.82) is 0 Å². The Hall–Kier alpha value is -5.58. The van der Waals surface area contributed by atoms with Gasteiger partial charge in [0.25, 0.3) is 0 Å². The predicted molar refractivity (Wildman–Crippen MR) is 187 cm³/mol. The first-order valence-electron chi connectivity index (χ1n) is 14.8. The van der Waals surface area contributed by atoms with E-state index in [9.17, 15) is 0 Å². The quantitative estimate of drug-likeness (QED) is 0.205. The fourth-order valence-corrected chi connectivity index (χ4v) is 8.23. The molecule has 204 valence electrons. The minimum Gasteiger partial charge on any atom is -0.277 e. The lowest BCUT2D eigenvalue weighted by Crippen LogP contribution is -2.03. The van der Waals surface area contributed by atoms with Gasteiger partial charge >= 0.3 is 0 Å². The van der Waals surface area contributed by atoms with Gasteiger partial charge in [-0.1, -0.05) is 115 Å². The zero-order valence-electron chi connectivity index (χ0n) is 23.5. The van der Waals surface area contributed by atoms with Gasteiger partial charge in [0, 0.05) is 47.3 Å². The molecule has 7 aromatic carbocycles. The minimum atomic E-state index is 0.684. The highest BCUT2D eigenvalue weighted by atomic mass is 32.1. The first-order chi connectivity index (χ1) is 21.8. The van der Waals surface area contributed by atoms with Gasteiger partial charge < -0.3 is 0 Å². The molecular weight excluding hydrogens is 555 g/mol. The summed E-state index contributed by atoms with van der Waals surface area (Å²) < 4.78 is 4.90. The number of rotatable bonds is 2. The molecule has 3 aromatic heterocycles. The smallest absolute Gasteiger partial charge is 0.235 e. The molecule has 3 heterocycles. The van der Waals surface area contributed by atoms with Crippen molar-refractivity contribution in [3.63, 3.8) is 0 Å². The highest BCUT2D eigenvalue weighted by molar-refractivity contribution is 7.26. The second-order valence-corrected chi connectivity index (χ2v) is 12.5. The third-order valence-electron chi connectivity index (χ3n) is 8.97. The van der Waals surface area contributed by atoms with Crippen LogP contribution in [0.1, 0.15) is 0 Å². The van der Waals surface area contributed by atoms with Crippen LogP contribution in [0.4, 0.5) is 0 Å². The molecule has 0 fully saturated rings. The van der Waals surface area contributed by atoms with Crippen LogP contribution in [0.3, 0.4) is 0 Å². The van der Waals surface area contributed by atoms with Gasteiger partial charge in [0.05, 0.1) is 22.2 Å². The summed E-state index contributed by atoms with van der Waals surface area (Å²) in [5.41, 5.74) is 5.21. The second kappa shape index (κ2) is 8.96. The SMILES string of the molecule is c1ccc2cc(-c3nc(-n4c5ccccc5c5ccc6ccc7c8ccccc8sc7c6c54)nc4ccccc34)ccc2c1. The van der Waals surface area contributed by atoms with Gasteiger partial charge in [0.2, 0.25) is 5.95 Å². The summed E-state index contributed by atoms with van der Waals surface area (Å²) in [6.07, 6.45) is 0. The number of para-hydroxylation sites is 2. The second-order valence-electron chi connectivity index (χ2n) is 11.4. The molecule has 0 aliphatic rings. The Morgan fingerprint density at radius 3 is 2.11 bits per heavy atom.